The van der Waals surface area contributed by atoms with Crippen LogP contribution in [0.3, 0.4) is 0 Å². The average Bonchev–Trinajstić information content (AvgIpc) is 2.61. The third-order valence-electron chi connectivity index (χ3n) is 5.37. The number of allylic oxidation sites excluding steroid dienone is 4. The molecular weight excluding hydrogens is 364 g/mol. The van der Waals surface area contributed by atoms with Gasteiger partial charge in [0.05, 0.1) is 11.4 Å². The standard InChI is InChI=1S/C28H44N2/c1-23(2)11-9-17-27(5,6)19-21-29-25-13-15-26(16-14-25)30-22-20-28(7,8)18-10-12-24(3)4/h11-16,21-22H,9-10,17-20H2,1-8H3. The maximum absolute atomic E-state index is 4.65. The van der Waals surface area contributed by atoms with Gasteiger partial charge >= 0.3 is 0 Å². The largest absolute Gasteiger partial charge is 0.261 e. The number of nitrogens with zero attached hydrogens (tertiary/aromatic N) is 2. The number of hydrogen-bond acceptors (Lipinski definition) is 2. The van der Waals surface area contributed by atoms with Crippen LogP contribution in [0, 0.1) is 10.8 Å². The molecule has 0 N–H and O–H groups in total. The lowest BCUT2D eigenvalue weighted by molar-refractivity contribution is 0.356. The molecule has 0 spiro atoms. The third-order valence-corrected chi connectivity index (χ3v) is 5.37. The van der Waals surface area contributed by atoms with Gasteiger partial charge in [-0.1, -0.05) is 51.0 Å². The van der Waals surface area contributed by atoms with Gasteiger partial charge in [0.25, 0.3) is 0 Å². The van der Waals surface area contributed by atoms with Crippen LogP contribution in [0.4, 0.5) is 11.4 Å². The summed E-state index contributed by atoms with van der Waals surface area (Å²) in [5.74, 6) is 0. The van der Waals surface area contributed by atoms with Crippen LogP contribution in [-0.4, -0.2) is 12.4 Å². The third kappa shape index (κ3) is 12.6. The second-order valence-corrected chi connectivity index (χ2v) is 10.5. The lowest BCUT2D eigenvalue weighted by atomic mass is 9.84. The van der Waals surface area contributed by atoms with Gasteiger partial charge in [0.2, 0.25) is 0 Å². The Morgan fingerprint density at radius 3 is 1.30 bits per heavy atom. The summed E-state index contributed by atoms with van der Waals surface area (Å²) >= 11 is 0. The normalized spacial score (nSPS) is 12.5. The number of benzene rings is 1. The van der Waals surface area contributed by atoms with Gasteiger partial charge in [-0.05, 0) is 101 Å². The Morgan fingerprint density at radius 1 is 0.667 bits per heavy atom. The first-order valence-electron chi connectivity index (χ1n) is 11.4. The van der Waals surface area contributed by atoms with Crippen molar-refractivity contribution in [2.24, 2.45) is 20.8 Å². The summed E-state index contributed by atoms with van der Waals surface area (Å²) in [7, 11) is 0. The van der Waals surface area contributed by atoms with Crippen LogP contribution in [0.15, 0.2) is 57.5 Å². The zero-order valence-corrected chi connectivity index (χ0v) is 20.8. The fraction of sp³-hybridized carbons (Fsp3) is 0.571. The fourth-order valence-corrected chi connectivity index (χ4v) is 3.13. The van der Waals surface area contributed by atoms with Crippen LogP contribution in [0.1, 0.15) is 93.9 Å². The molecule has 166 valence electrons. The van der Waals surface area contributed by atoms with Gasteiger partial charge in [0.15, 0.2) is 0 Å². The molecule has 0 saturated heterocycles. The highest BCUT2D eigenvalue weighted by Gasteiger charge is 2.16. The van der Waals surface area contributed by atoms with Crippen molar-refractivity contribution in [1.29, 1.82) is 0 Å². The minimum atomic E-state index is 0.276. The van der Waals surface area contributed by atoms with E-state index in [1.807, 2.05) is 0 Å². The van der Waals surface area contributed by atoms with Gasteiger partial charge in [0, 0.05) is 12.4 Å². The maximum atomic E-state index is 4.65. The molecule has 0 aliphatic heterocycles. The number of rotatable bonds is 12. The van der Waals surface area contributed by atoms with Gasteiger partial charge in [-0.15, -0.1) is 0 Å². The smallest absolute Gasteiger partial charge is 0.0627 e. The molecule has 0 saturated carbocycles. The molecule has 1 aromatic rings. The first-order chi connectivity index (χ1) is 14.0. The summed E-state index contributed by atoms with van der Waals surface area (Å²) in [5, 5.41) is 0. The van der Waals surface area contributed by atoms with Crippen LogP contribution >= 0.6 is 0 Å². The van der Waals surface area contributed by atoms with E-state index in [0.29, 0.717) is 0 Å². The molecule has 0 aliphatic rings. The number of aliphatic imine (C=N–C) groups is 2. The molecule has 2 nitrogen and oxygen atoms in total. The average molecular weight is 409 g/mol. The first-order valence-corrected chi connectivity index (χ1v) is 11.4. The molecule has 0 heterocycles. The highest BCUT2D eigenvalue weighted by molar-refractivity contribution is 5.67. The van der Waals surface area contributed by atoms with Crippen molar-refractivity contribution < 1.29 is 0 Å². The SMILES string of the molecule is CC(C)=CCCC(C)(C)CC=Nc1ccc(N=CCC(C)(C)CCC=C(C)C)cc1. The van der Waals surface area contributed by atoms with E-state index in [4.69, 9.17) is 0 Å². The Bertz CT molecular complexity index is 670. The van der Waals surface area contributed by atoms with E-state index >= 15 is 0 Å². The molecule has 1 aromatic carbocycles. The lowest BCUT2D eigenvalue weighted by Crippen LogP contribution is -2.11. The van der Waals surface area contributed by atoms with Gasteiger partial charge in [-0.2, -0.15) is 0 Å². The Balaban J connectivity index is 2.50. The second kappa shape index (κ2) is 12.7. The summed E-state index contributed by atoms with van der Waals surface area (Å²) in [6.45, 7) is 17.9. The molecule has 0 amide bonds. The summed E-state index contributed by atoms with van der Waals surface area (Å²) in [5.41, 5.74) is 5.34. The molecule has 0 aromatic heterocycles. The minimum Gasteiger partial charge on any atom is -0.261 e. The zero-order chi connectivity index (χ0) is 22.6. The van der Waals surface area contributed by atoms with E-state index in [1.54, 1.807) is 0 Å². The Morgan fingerprint density at radius 2 is 1.00 bits per heavy atom. The van der Waals surface area contributed by atoms with Crippen molar-refractivity contribution >= 4 is 23.8 Å². The van der Waals surface area contributed by atoms with Gasteiger partial charge in [0.1, 0.15) is 0 Å². The van der Waals surface area contributed by atoms with E-state index in [0.717, 1.165) is 37.1 Å². The minimum absolute atomic E-state index is 0.276. The summed E-state index contributed by atoms with van der Waals surface area (Å²) in [4.78, 5) is 9.29. The predicted molar refractivity (Wildman–Crippen MR) is 137 cm³/mol. The molecule has 0 aliphatic carbocycles. The van der Waals surface area contributed by atoms with Gasteiger partial charge in [-0.25, -0.2) is 0 Å². The second-order valence-electron chi connectivity index (χ2n) is 10.5. The first kappa shape index (κ1) is 26.1. The lowest BCUT2D eigenvalue weighted by Gasteiger charge is -2.21. The van der Waals surface area contributed by atoms with Crippen molar-refractivity contribution in [1.82, 2.24) is 0 Å². The van der Waals surface area contributed by atoms with Crippen molar-refractivity contribution in [2.45, 2.75) is 93.9 Å². The van der Waals surface area contributed by atoms with Crippen LogP contribution in [0.2, 0.25) is 0 Å². The molecule has 0 bridgehead atoms. The predicted octanol–water partition coefficient (Wildman–Crippen LogP) is 9.42. The molecule has 2 heteroatoms. The molecule has 30 heavy (non-hydrogen) atoms. The maximum Gasteiger partial charge on any atom is 0.0627 e. The molecule has 0 radical (unpaired) electrons. The quantitative estimate of drug-likeness (QED) is 0.243. The Labute approximate surface area is 186 Å². The summed E-state index contributed by atoms with van der Waals surface area (Å²) < 4.78 is 0. The molecule has 0 atom stereocenters. The van der Waals surface area contributed by atoms with E-state index in [9.17, 15) is 0 Å². The van der Waals surface area contributed by atoms with Crippen molar-refractivity contribution in [3.05, 3.63) is 47.6 Å². The van der Waals surface area contributed by atoms with Gasteiger partial charge in [-0.3, -0.25) is 9.98 Å². The van der Waals surface area contributed by atoms with E-state index < -0.39 is 0 Å². The molecule has 1 rings (SSSR count). The molecule has 0 unspecified atom stereocenters. The van der Waals surface area contributed by atoms with Crippen LogP contribution in [-0.2, 0) is 0 Å². The highest BCUT2D eigenvalue weighted by atomic mass is 14.7. The van der Waals surface area contributed by atoms with E-state index in [2.05, 4.69) is 114 Å². The van der Waals surface area contributed by atoms with Crippen molar-refractivity contribution in [3.63, 3.8) is 0 Å². The van der Waals surface area contributed by atoms with E-state index in [1.165, 1.54) is 24.0 Å². The topological polar surface area (TPSA) is 24.7 Å². The fourth-order valence-electron chi connectivity index (χ4n) is 3.13. The van der Waals surface area contributed by atoms with Crippen LogP contribution in [0.25, 0.3) is 0 Å². The monoisotopic (exact) mass is 408 g/mol. The molecular formula is C28H44N2. The number of hydrogen-bond donors (Lipinski definition) is 0. The Hall–Kier alpha value is -1.96. The van der Waals surface area contributed by atoms with E-state index in [-0.39, 0.29) is 10.8 Å². The van der Waals surface area contributed by atoms with Crippen molar-refractivity contribution in [3.8, 4) is 0 Å². The van der Waals surface area contributed by atoms with Crippen LogP contribution < -0.4 is 0 Å². The van der Waals surface area contributed by atoms with Crippen molar-refractivity contribution in [2.75, 3.05) is 0 Å². The Kier molecular flexibility index (Phi) is 11.0. The zero-order valence-electron chi connectivity index (χ0n) is 20.8. The highest BCUT2D eigenvalue weighted by Crippen LogP contribution is 2.28. The van der Waals surface area contributed by atoms with Crippen LogP contribution in [0.5, 0.6) is 0 Å². The van der Waals surface area contributed by atoms with Gasteiger partial charge < -0.3 is 0 Å². The molecule has 0 fully saturated rings. The summed E-state index contributed by atoms with van der Waals surface area (Å²) in [6.07, 6.45) is 15.4. The summed E-state index contributed by atoms with van der Waals surface area (Å²) in [6, 6.07) is 8.22.